The normalized spacial score (nSPS) is 7.40. The van der Waals surface area contributed by atoms with Crippen molar-refractivity contribution in [1.29, 1.82) is 0 Å². The first-order valence-electron chi connectivity index (χ1n) is 2.12. The van der Waals surface area contributed by atoms with Gasteiger partial charge >= 0.3 is 19.5 Å². The maximum Gasteiger partial charge on any atom is 2.00 e. The van der Waals surface area contributed by atoms with Gasteiger partial charge in [-0.25, -0.2) is 0 Å². The molecule has 10 heavy (non-hydrogen) atoms. The Kier molecular flexibility index (Phi) is 8.24. The molecular weight excluding hydrogens is 272 g/mol. The summed E-state index contributed by atoms with van der Waals surface area (Å²) in [5.74, 6) is -0.422. The van der Waals surface area contributed by atoms with Crippen LogP contribution in [0.1, 0.15) is 0 Å². The monoisotopic (exact) mass is 272 g/mol. The van der Waals surface area contributed by atoms with Crippen LogP contribution in [0.2, 0.25) is 5.02 Å². The Morgan fingerprint density at radius 3 is 2.40 bits per heavy atom. The summed E-state index contributed by atoms with van der Waals surface area (Å²) in [5.41, 5.74) is 0. The number of halogens is 3. The molecule has 0 fully saturated rings. The fraction of sp³-hybridized carbons (Fsp3) is 0. The Morgan fingerprint density at radius 2 is 2.10 bits per heavy atom. The molecule has 4 heteroatoms. The van der Waals surface area contributed by atoms with Gasteiger partial charge in [-0.1, -0.05) is 0 Å². The molecule has 1 aromatic carbocycles. The summed E-state index contributed by atoms with van der Waals surface area (Å²) in [7, 11) is 0. The summed E-state index contributed by atoms with van der Waals surface area (Å²) in [5, 5.41) is 0.142. The van der Waals surface area contributed by atoms with Crippen LogP contribution in [0.3, 0.4) is 0 Å². The van der Waals surface area contributed by atoms with Crippen LogP contribution in [-0.4, -0.2) is 0 Å². The average Bonchev–Trinajstić information content (AvgIpc) is 1.77. The standard InChI is InChI=1S/C6H3ClF.BrH.Zn/c7-5-3-1-2-4-6(5)8;;/h1,3-4H;1H;/q-1;;+2/p-1. The average molecular weight is 275 g/mol. The topological polar surface area (TPSA) is 0 Å². The molecule has 0 bridgehead atoms. The maximum atomic E-state index is 12.2. The van der Waals surface area contributed by atoms with Crippen molar-refractivity contribution in [3.05, 3.63) is 35.1 Å². The van der Waals surface area contributed by atoms with Gasteiger partial charge in [-0.15, -0.1) is 23.7 Å². The van der Waals surface area contributed by atoms with E-state index in [9.17, 15) is 4.39 Å². The van der Waals surface area contributed by atoms with Gasteiger partial charge in [-0.2, -0.15) is 12.1 Å². The first-order valence-corrected chi connectivity index (χ1v) is 2.49. The maximum absolute atomic E-state index is 12.2. The summed E-state index contributed by atoms with van der Waals surface area (Å²) in [6, 6.07) is 6.75. The fourth-order valence-electron chi connectivity index (χ4n) is 0.391. The summed E-state index contributed by atoms with van der Waals surface area (Å²) < 4.78 is 12.2. The van der Waals surface area contributed by atoms with Crippen LogP contribution < -0.4 is 17.0 Å². The first kappa shape index (κ1) is 13.2. The van der Waals surface area contributed by atoms with Crippen LogP contribution in [0, 0.1) is 11.9 Å². The van der Waals surface area contributed by atoms with E-state index in [4.69, 9.17) is 11.6 Å². The van der Waals surface area contributed by atoms with Crippen LogP contribution in [0.15, 0.2) is 18.2 Å². The molecule has 0 aromatic heterocycles. The van der Waals surface area contributed by atoms with Crippen molar-refractivity contribution in [1.82, 2.24) is 0 Å². The summed E-state index contributed by atoms with van der Waals surface area (Å²) >= 11 is 5.31. The third-order valence-electron chi connectivity index (χ3n) is 0.764. The predicted molar refractivity (Wildman–Crippen MR) is 30.2 cm³/mol. The molecule has 0 N–H and O–H groups in total. The molecule has 0 aliphatic carbocycles. The SMILES string of the molecule is Fc1c[c-]ccc1Cl.[Br-].[Zn+2]. The molecule has 1 rings (SSSR count). The number of benzene rings is 1. The first-order chi connectivity index (χ1) is 3.80. The number of hydrogen-bond acceptors (Lipinski definition) is 0. The van der Waals surface area contributed by atoms with Crippen molar-refractivity contribution >= 4 is 11.6 Å². The molecule has 0 aliphatic heterocycles. The van der Waals surface area contributed by atoms with Gasteiger partial charge in [0.25, 0.3) is 0 Å². The Morgan fingerprint density at radius 1 is 1.50 bits per heavy atom. The smallest absolute Gasteiger partial charge is 1.00 e. The van der Waals surface area contributed by atoms with Gasteiger partial charge in [-0.3, -0.25) is 4.39 Å². The molecule has 50 valence electrons. The van der Waals surface area contributed by atoms with E-state index in [1.807, 2.05) is 0 Å². The van der Waals surface area contributed by atoms with Gasteiger partial charge in [0, 0.05) is 5.82 Å². The minimum absolute atomic E-state index is 0. The van der Waals surface area contributed by atoms with E-state index in [-0.39, 0.29) is 41.5 Å². The van der Waals surface area contributed by atoms with Gasteiger partial charge in [0.05, 0.1) is 0 Å². The molecule has 0 nitrogen and oxygen atoms in total. The van der Waals surface area contributed by atoms with Gasteiger partial charge in [0.2, 0.25) is 0 Å². The van der Waals surface area contributed by atoms with Gasteiger partial charge < -0.3 is 17.0 Å². The van der Waals surface area contributed by atoms with E-state index in [1.54, 1.807) is 6.07 Å². The van der Waals surface area contributed by atoms with Crippen LogP contribution in [0.25, 0.3) is 0 Å². The molecule has 0 aliphatic rings. The molecule has 0 amide bonds. The summed E-state index contributed by atoms with van der Waals surface area (Å²) in [6.07, 6.45) is 0. The molecular formula is C6H3BrClFZn. The Hall–Kier alpha value is 0.543. The van der Waals surface area contributed by atoms with Crippen LogP contribution in [-0.2, 0) is 19.5 Å². The molecule has 0 atom stereocenters. The third kappa shape index (κ3) is 3.65. The zero-order chi connectivity index (χ0) is 5.98. The van der Waals surface area contributed by atoms with Gasteiger partial charge in [0.15, 0.2) is 0 Å². The van der Waals surface area contributed by atoms with Crippen LogP contribution in [0.4, 0.5) is 4.39 Å². The van der Waals surface area contributed by atoms with Crippen molar-refractivity contribution in [2.24, 2.45) is 0 Å². The second-order valence-corrected chi connectivity index (χ2v) is 1.75. The van der Waals surface area contributed by atoms with Crippen molar-refractivity contribution < 1.29 is 40.8 Å². The fourth-order valence-corrected chi connectivity index (χ4v) is 0.509. The summed E-state index contributed by atoms with van der Waals surface area (Å²) in [6.45, 7) is 0. The predicted octanol–water partition coefficient (Wildman–Crippen LogP) is -0.719. The minimum Gasteiger partial charge on any atom is -1.00 e. The molecule has 0 unspecified atom stereocenters. The molecule has 0 saturated carbocycles. The molecule has 0 radical (unpaired) electrons. The van der Waals surface area contributed by atoms with E-state index in [0.717, 1.165) is 0 Å². The largest absolute Gasteiger partial charge is 2.00 e. The van der Waals surface area contributed by atoms with Gasteiger partial charge in [0.1, 0.15) is 0 Å². The molecule has 0 saturated heterocycles. The van der Waals surface area contributed by atoms with Crippen molar-refractivity contribution in [3.8, 4) is 0 Å². The van der Waals surface area contributed by atoms with Crippen LogP contribution in [0.5, 0.6) is 0 Å². The van der Waals surface area contributed by atoms with E-state index < -0.39 is 5.82 Å². The van der Waals surface area contributed by atoms with Gasteiger partial charge in [-0.05, 0) is 5.02 Å². The zero-order valence-electron chi connectivity index (χ0n) is 5.07. The number of hydrogen-bond donors (Lipinski definition) is 0. The van der Waals surface area contributed by atoms with E-state index >= 15 is 0 Å². The molecule has 1 aromatic rings. The van der Waals surface area contributed by atoms with E-state index in [0.29, 0.717) is 0 Å². The van der Waals surface area contributed by atoms with Crippen molar-refractivity contribution in [3.63, 3.8) is 0 Å². The van der Waals surface area contributed by atoms with Crippen molar-refractivity contribution in [2.75, 3.05) is 0 Å². The second kappa shape index (κ2) is 6.27. The van der Waals surface area contributed by atoms with E-state index in [2.05, 4.69) is 6.07 Å². The second-order valence-electron chi connectivity index (χ2n) is 1.34. The Balaban J connectivity index is 0. The van der Waals surface area contributed by atoms with Crippen molar-refractivity contribution in [2.45, 2.75) is 0 Å². The van der Waals surface area contributed by atoms with Crippen LogP contribution >= 0.6 is 11.6 Å². The summed E-state index contributed by atoms with van der Waals surface area (Å²) in [4.78, 5) is 0. The Labute approximate surface area is 87.3 Å². The molecule has 0 heterocycles. The number of rotatable bonds is 0. The van der Waals surface area contributed by atoms with E-state index in [1.165, 1.54) is 12.1 Å². The quantitative estimate of drug-likeness (QED) is 0.433. The third-order valence-corrected chi connectivity index (χ3v) is 1.07. The molecule has 0 spiro atoms. The zero-order valence-corrected chi connectivity index (χ0v) is 10.4. The minimum atomic E-state index is -0.422. The Bertz CT molecular complexity index is 174.